The van der Waals surface area contributed by atoms with Gasteiger partial charge in [-0.2, -0.15) is 0 Å². The Morgan fingerprint density at radius 3 is 2.39 bits per heavy atom. The number of amides is 1. The van der Waals surface area contributed by atoms with Gasteiger partial charge in [-0.25, -0.2) is 17.8 Å². The minimum absolute atomic E-state index is 0.172. The number of alkyl halides is 3. The molecule has 3 aromatic rings. The fourth-order valence-electron chi connectivity index (χ4n) is 2.47. The summed E-state index contributed by atoms with van der Waals surface area (Å²) in [6.07, 6.45) is -4.93. The van der Waals surface area contributed by atoms with Gasteiger partial charge in [0.2, 0.25) is 0 Å². The van der Waals surface area contributed by atoms with Crippen molar-refractivity contribution in [1.29, 1.82) is 0 Å². The van der Waals surface area contributed by atoms with E-state index >= 15 is 0 Å². The second-order valence-corrected chi connectivity index (χ2v) is 8.51. The second-order valence-electron chi connectivity index (χ2n) is 5.98. The topological polar surface area (TPSA) is 103 Å². The zero-order chi connectivity index (χ0) is 23.0. The lowest BCUT2D eigenvalue weighted by Gasteiger charge is -2.10. The van der Waals surface area contributed by atoms with E-state index in [0.29, 0.717) is 10.7 Å². The highest BCUT2D eigenvalue weighted by molar-refractivity contribution is 7.90. The van der Waals surface area contributed by atoms with E-state index in [1.165, 1.54) is 23.7 Å². The van der Waals surface area contributed by atoms with Gasteiger partial charge in [-0.05, 0) is 49.4 Å². The first-order chi connectivity index (χ1) is 14.4. The van der Waals surface area contributed by atoms with Crippen molar-refractivity contribution in [3.63, 3.8) is 0 Å². The van der Waals surface area contributed by atoms with Gasteiger partial charge in [-0.1, -0.05) is 28.4 Å². The van der Waals surface area contributed by atoms with Gasteiger partial charge in [0.15, 0.2) is 5.69 Å². The lowest BCUT2D eigenvalue weighted by molar-refractivity contribution is -0.274. The first-order valence-electron chi connectivity index (χ1n) is 8.18. The van der Waals surface area contributed by atoms with Gasteiger partial charge in [0.1, 0.15) is 5.75 Å². The predicted molar refractivity (Wildman–Crippen MR) is 104 cm³/mol. The zero-order valence-electron chi connectivity index (χ0n) is 15.3. The molecule has 0 saturated carbocycles. The first-order valence-corrected chi connectivity index (χ1v) is 10.4. The Balaban J connectivity index is 1.83. The lowest BCUT2D eigenvalue weighted by Crippen LogP contribution is -2.31. The van der Waals surface area contributed by atoms with Gasteiger partial charge in [-0.15, -0.1) is 18.3 Å². The number of hydrogen-bond donors (Lipinski definition) is 1. The monoisotopic (exact) mass is 494 g/mol. The molecule has 0 spiro atoms. The second kappa shape index (κ2) is 8.36. The highest BCUT2D eigenvalue weighted by Gasteiger charge is 2.31. The summed E-state index contributed by atoms with van der Waals surface area (Å²) >= 11 is 12.0. The number of hydrogen-bond acceptors (Lipinski definition) is 6. The highest BCUT2D eigenvalue weighted by Crippen LogP contribution is 2.26. The molecule has 2 aromatic carbocycles. The molecule has 1 N–H and O–H groups in total. The predicted octanol–water partition coefficient (Wildman–Crippen LogP) is 3.90. The molecule has 3 rings (SSSR count). The number of rotatable bonds is 5. The van der Waals surface area contributed by atoms with E-state index in [1.54, 1.807) is 10.8 Å². The van der Waals surface area contributed by atoms with Crippen LogP contribution >= 0.6 is 23.2 Å². The van der Waals surface area contributed by atoms with Crippen molar-refractivity contribution in [2.24, 2.45) is 0 Å². The summed E-state index contributed by atoms with van der Waals surface area (Å²) in [6, 6.07) is 7.85. The van der Waals surface area contributed by atoms with E-state index in [2.05, 4.69) is 15.0 Å². The van der Waals surface area contributed by atoms with Crippen LogP contribution in [0.2, 0.25) is 10.0 Å². The minimum atomic E-state index is -4.93. The number of ether oxygens (including phenoxy) is 1. The number of halogens is 5. The van der Waals surface area contributed by atoms with E-state index < -0.39 is 32.9 Å². The van der Waals surface area contributed by atoms with Crippen LogP contribution in [0.25, 0.3) is 5.69 Å². The Morgan fingerprint density at radius 2 is 1.77 bits per heavy atom. The van der Waals surface area contributed by atoms with Crippen molar-refractivity contribution < 1.29 is 31.1 Å². The summed E-state index contributed by atoms with van der Waals surface area (Å²) in [7, 11) is -4.42. The molecule has 0 aliphatic carbocycles. The number of nitrogens with one attached hydrogen (secondary N) is 1. The SMILES string of the molecule is Cc1c(C(=O)NS(=O)(=O)c2ccc(OC(F)(F)F)cc2)nnn1-c1cc(Cl)ccc1Cl. The van der Waals surface area contributed by atoms with E-state index in [1.807, 2.05) is 0 Å². The normalized spacial score (nSPS) is 11.9. The maximum Gasteiger partial charge on any atom is 0.573 e. The number of sulfonamides is 1. The Bertz CT molecular complexity index is 1250. The molecule has 14 heteroatoms. The number of aromatic nitrogens is 3. The molecule has 164 valence electrons. The van der Waals surface area contributed by atoms with Crippen LogP contribution in [-0.2, 0) is 10.0 Å². The van der Waals surface area contributed by atoms with Gasteiger partial charge >= 0.3 is 6.36 Å². The lowest BCUT2D eigenvalue weighted by atomic mass is 10.3. The maximum atomic E-state index is 12.5. The number of carbonyl (C=O) groups is 1. The summed E-state index contributed by atoms with van der Waals surface area (Å²) < 4.78 is 68.1. The molecular weight excluding hydrogens is 484 g/mol. The Labute approximate surface area is 183 Å². The van der Waals surface area contributed by atoms with Crippen LogP contribution < -0.4 is 9.46 Å². The molecular formula is C17H11Cl2F3N4O4S. The molecule has 1 aromatic heterocycles. The van der Waals surface area contributed by atoms with Crippen molar-refractivity contribution >= 4 is 39.1 Å². The molecule has 8 nitrogen and oxygen atoms in total. The minimum Gasteiger partial charge on any atom is -0.406 e. The molecule has 0 unspecified atom stereocenters. The number of carbonyl (C=O) groups excluding carboxylic acids is 1. The van der Waals surface area contributed by atoms with Crippen molar-refractivity contribution in [2.45, 2.75) is 18.2 Å². The summed E-state index contributed by atoms with van der Waals surface area (Å²) in [6.45, 7) is 1.46. The smallest absolute Gasteiger partial charge is 0.406 e. The average Bonchev–Trinajstić information content (AvgIpc) is 3.04. The van der Waals surface area contributed by atoms with Crippen molar-refractivity contribution in [2.75, 3.05) is 0 Å². The van der Waals surface area contributed by atoms with Gasteiger partial charge in [0.05, 0.1) is 21.3 Å². The fourth-order valence-corrected chi connectivity index (χ4v) is 3.78. The quantitative estimate of drug-likeness (QED) is 0.576. The number of benzene rings is 2. The summed E-state index contributed by atoms with van der Waals surface area (Å²) in [4.78, 5) is 12.0. The van der Waals surface area contributed by atoms with Crippen LogP contribution in [-0.4, -0.2) is 35.7 Å². The van der Waals surface area contributed by atoms with E-state index in [9.17, 15) is 26.4 Å². The van der Waals surface area contributed by atoms with Crippen LogP contribution in [0.1, 0.15) is 16.2 Å². The fraction of sp³-hybridized carbons (Fsp3) is 0.118. The molecule has 0 saturated heterocycles. The molecule has 0 bridgehead atoms. The highest BCUT2D eigenvalue weighted by atomic mass is 35.5. The van der Waals surface area contributed by atoms with Gasteiger partial charge in [0.25, 0.3) is 15.9 Å². The Hall–Kier alpha value is -2.83. The van der Waals surface area contributed by atoms with Crippen LogP contribution in [0.3, 0.4) is 0 Å². The number of nitrogens with zero attached hydrogens (tertiary/aromatic N) is 3. The summed E-state index contributed by atoms with van der Waals surface area (Å²) in [5, 5.41) is 8.10. The van der Waals surface area contributed by atoms with Crippen LogP contribution in [0.4, 0.5) is 13.2 Å². The standard InChI is InChI=1S/C17H11Cl2F3N4O4S/c1-9-15(23-25-26(9)14-8-10(18)2-7-13(14)19)16(27)24-31(28,29)12-5-3-11(4-6-12)30-17(20,21)22/h2-8H,1H3,(H,24,27). The van der Waals surface area contributed by atoms with E-state index in [-0.39, 0.29) is 16.4 Å². The van der Waals surface area contributed by atoms with Crippen LogP contribution in [0, 0.1) is 6.92 Å². The van der Waals surface area contributed by atoms with Gasteiger partial charge < -0.3 is 4.74 Å². The third-order valence-corrected chi connectivity index (χ3v) is 5.74. The molecule has 1 heterocycles. The van der Waals surface area contributed by atoms with Crippen LogP contribution in [0.5, 0.6) is 5.75 Å². The summed E-state index contributed by atoms with van der Waals surface area (Å²) in [5.74, 6) is -1.72. The van der Waals surface area contributed by atoms with Crippen molar-refractivity contribution in [3.05, 3.63) is 63.9 Å². The van der Waals surface area contributed by atoms with Crippen LogP contribution in [0.15, 0.2) is 47.4 Å². The van der Waals surface area contributed by atoms with Crippen molar-refractivity contribution in [3.8, 4) is 11.4 Å². The summed E-state index contributed by atoms with van der Waals surface area (Å²) in [5.41, 5.74) is 0.184. The molecule has 0 aliphatic heterocycles. The first kappa shape index (κ1) is 22.8. The van der Waals surface area contributed by atoms with E-state index in [4.69, 9.17) is 23.2 Å². The molecule has 0 atom stereocenters. The van der Waals surface area contributed by atoms with Crippen molar-refractivity contribution in [1.82, 2.24) is 19.7 Å². The molecule has 0 fully saturated rings. The van der Waals surface area contributed by atoms with Gasteiger partial charge in [0, 0.05) is 5.02 Å². The average molecular weight is 495 g/mol. The molecule has 31 heavy (non-hydrogen) atoms. The zero-order valence-corrected chi connectivity index (χ0v) is 17.6. The maximum absolute atomic E-state index is 12.5. The molecule has 0 radical (unpaired) electrons. The third kappa shape index (κ3) is 5.27. The largest absolute Gasteiger partial charge is 0.573 e. The third-order valence-electron chi connectivity index (χ3n) is 3.84. The molecule has 1 amide bonds. The Kier molecular flexibility index (Phi) is 6.16. The molecule has 0 aliphatic rings. The van der Waals surface area contributed by atoms with Gasteiger partial charge in [-0.3, -0.25) is 4.79 Å². The van der Waals surface area contributed by atoms with E-state index in [0.717, 1.165) is 24.3 Å². The Morgan fingerprint density at radius 1 is 1.13 bits per heavy atom.